The van der Waals surface area contributed by atoms with Crippen LogP contribution in [0, 0.1) is 11.8 Å². The molecular formula is C18H20N2O5. The lowest BCUT2D eigenvalue weighted by atomic mass is 9.87. The summed E-state index contributed by atoms with van der Waals surface area (Å²) in [5.74, 6) is -2.27. The first-order valence-electron chi connectivity index (χ1n) is 8.36. The number of piperidine rings is 1. The number of carbonyl (C=O) groups excluding carboxylic acids is 3. The molecule has 2 heterocycles. The first kappa shape index (κ1) is 17.1. The zero-order chi connectivity index (χ0) is 18.1. The summed E-state index contributed by atoms with van der Waals surface area (Å²) in [6.45, 7) is 2.64. The highest BCUT2D eigenvalue weighted by molar-refractivity contribution is 6.21. The van der Waals surface area contributed by atoms with Crippen LogP contribution in [0.2, 0.25) is 0 Å². The molecule has 2 aliphatic heterocycles. The molecule has 2 atom stereocenters. The quantitative estimate of drug-likeness (QED) is 0.829. The van der Waals surface area contributed by atoms with Gasteiger partial charge < -0.3 is 10.0 Å². The second kappa shape index (κ2) is 6.66. The molecular weight excluding hydrogens is 324 g/mol. The maximum atomic E-state index is 12.4. The first-order chi connectivity index (χ1) is 11.9. The maximum Gasteiger partial charge on any atom is 0.306 e. The summed E-state index contributed by atoms with van der Waals surface area (Å²) in [5, 5.41) is 9.14. The fourth-order valence-corrected chi connectivity index (χ4v) is 3.55. The summed E-state index contributed by atoms with van der Waals surface area (Å²) in [5.41, 5.74) is 0.742. The Bertz CT molecular complexity index is 710. The normalized spacial score (nSPS) is 22.9. The van der Waals surface area contributed by atoms with Gasteiger partial charge in [-0.05, 0) is 24.5 Å². The molecule has 1 saturated heterocycles. The van der Waals surface area contributed by atoms with E-state index in [9.17, 15) is 19.2 Å². The molecule has 1 fully saturated rings. The Morgan fingerprint density at radius 1 is 1.16 bits per heavy atom. The Labute approximate surface area is 145 Å². The van der Waals surface area contributed by atoms with Crippen LogP contribution < -0.4 is 0 Å². The second-order valence-electron chi connectivity index (χ2n) is 6.61. The minimum atomic E-state index is -0.828. The zero-order valence-electron chi connectivity index (χ0n) is 14.0. The first-order valence-corrected chi connectivity index (χ1v) is 8.36. The van der Waals surface area contributed by atoms with Crippen molar-refractivity contribution in [3.05, 3.63) is 35.4 Å². The third-order valence-corrected chi connectivity index (χ3v) is 5.00. The summed E-state index contributed by atoms with van der Waals surface area (Å²) in [4.78, 5) is 50.8. The fraction of sp³-hybridized carbons (Fsp3) is 0.444. The van der Waals surface area contributed by atoms with Crippen molar-refractivity contribution in [3.63, 3.8) is 0 Å². The number of hydrogen-bond donors (Lipinski definition) is 1. The van der Waals surface area contributed by atoms with E-state index in [0.29, 0.717) is 30.6 Å². The van der Waals surface area contributed by atoms with Gasteiger partial charge in [-0.3, -0.25) is 24.1 Å². The van der Waals surface area contributed by atoms with E-state index >= 15 is 0 Å². The van der Waals surface area contributed by atoms with Gasteiger partial charge in [-0.2, -0.15) is 0 Å². The summed E-state index contributed by atoms with van der Waals surface area (Å²) in [6, 6.07) is 6.62. The molecule has 7 nitrogen and oxygen atoms in total. The maximum absolute atomic E-state index is 12.4. The van der Waals surface area contributed by atoms with Crippen LogP contribution in [0.5, 0.6) is 0 Å². The molecule has 7 heteroatoms. The highest BCUT2D eigenvalue weighted by Crippen LogP contribution is 2.25. The van der Waals surface area contributed by atoms with Crippen LogP contribution in [0.1, 0.15) is 40.5 Å². The lowest BCUT2D eigenvalue weighted by Gasteiger charge is -2.35. The van der Waals surface area contributed by atoms with E-state index in [1.807, 2.05) is 6.92 Å². The summed E-state index contributed by atoms with van der Waals surface area (Å²) < 4.78 is 0. The van der Waals surface area contributed by atoms with Crippen molar-refractivity contribution in [3.8, 4) is 0 Å². The Balaban J connectivity index is 1.58. The number of carboxylic acid groups (broad SMARTS) is 1. The van der Waals surface area contributed by atoms with Gasteiger partial charge in [0.1, 0.15) is 0 Å². The molecule has 1 aromatic carbocycles. The SMILES string of the molecule is CC1CN(C(=O)CCN2C(=O)c3ccccc3C2=O)CCC1C(=O)O. The van der Waals surface area contributed by atoms with Crippen LogP contribution in [-0.2, 0) is 9.59 Å². The number of amides is 3. The van der Waals surface area contributed by atoms with E-state index < -0.39 is 11.9 Å². The largest absolute Gasteiger partial charge is 0.481 e. The van der Waals surface area contributed by atoms with E-state index in [1.165, 1.54) is 0 Å². The number of hydrogen-bond acceptors (Lipinski definition) is 4. The third-order valence-electron chi connectivity index (χ3n) is 5.00. The monoisotopic (exact) mass is 344 g/mol. The lowest BCUT2D eigenvalue weighted by molar-refractivity contribution is -0.148. The Morgan fingerprint density at radius 2 is 1.76 bits per heavy atom. The molecule has 0 radical (unpaired) electrons. The minimum absolute atomic E-state index is 0.0401. The van der Waals surface area contributed by atoms with Crippen LogP contribution in [-0.4, -0.2) is 58.2 Å². The number of imide groups is 1. The van der Waals surface area contributed by atoms with Gasteiger partial charge in [-0.15, -0.1) is 0 Å². The number of aliphatic carboxylic acids is 1. The van der Waals surface area contributed by atoms with E-state index in [1.54, 1.807) is 29.2 Å². The molecule has 25 heavy (non-hydrogen) atoms. The minimum Gasteiger partial charge on any atom is -0.481 e. The number of nitrogens with zero attached hydrogens (tertiary/aromatic N) is 2. The Kier molecular flexibility index (Phi) is 4.57. The van der Waals surface area contributed by atoms with Gasteiger partial charge in [0.25, 0.3) is 11.8 Å². The average Bonchev–Trinajstić information content (AvgIpc) is 2.84. The van der Waals surface area contributed by atoms with Crippen LogP contribution in [0.4, 0.5) is 0 Å². The number of fused-ring (bicyclic) bond motifs is 1. The van der Waals surface area contributed by atoms with Crippen LogP contribution in [0.3, 0.4) is 0 Å². The van der Waals surface area contributed by atoms with Gasteiger partial charge in [0, 0.05) is 26.1 Å². The van der Waals surface area contributed by atoms with Gasteiger partial charge in [0.15, 0.2) is 0 Å². The Morgan fingerprint density at radius 3 is 2.28 bits per heavy atom. The highest BCUT2D eigenvalue weighted by atomic mass is 16.4. The summed E-state index contributed by atoms with van der Waals surface area (Å²) in [7, 11) is 0. The number of benzene rings is 1. The lowest BCUT2D eigenvalue weighted by Crippen LogP contribution is -2.46. The number of carboxylic acids is 1. The zero-order valence-corrected chi connectivity index (χ0v) is 14.0. The van der Waals surface area contributed by atoms with Crippen molar-refractivity contribution in [1.29, 1.82) is 0 Å². The van der Waals surface area contributed by atoms with Crippen molar-refractivity contribution in [1.82, 2.24) is 9.80 Å². The van der Waals surface area contributed by atoms with Crippen molar-refractivity contribution >= 4 is 23.7 Å². The average molecular weight is 344 g/mol. The third kappa shape index (κ3) is 3.14. The summed E-state index contributed by atoms with van der Waals surface area (Å²) >= 11 is 0. The van der Waals surface area contributed by atoms with E-state index in [0.717, 1.165) is 4.90 Å². The predicted octanol–water partition coefficient (Wildman–Crippen LogP) is 1.24. The van der Waals surface area contributed by atoms with Gasteiger partial charge >= 0.3 is 5.97 Å². The number of likely N-dealkylation sites (tertiary alicyclic amines) is 1. The number of rotatable bonds is 4. The van der Waals surface area contributed by atoms with Crippen LogP contribution in [0.25, 0.3) is 0 Å². The van der Waals surface area contributed by atoms with Gasteiger partial charge in [0.2, 0.25) is 5.91 Å². The fourth-order valence-electron chi connectivity index (χ4n) is 3.55. The molecule has 0 bridgehead atoms. The molecule has 1 N–H and O–H groups in total. The van der Waals surface area contributed by atoms with Crippen molar-refractivity contribution in [2.24, 2.45) is 11.8 Å². The standard InChI is InChI=1S/C18H20N2O5/c1-11-10-19(8-6-12(11)18(24)25)15(21)7-9-20-16(22)13-4-2-3-5-14(13)17(20)23/h2-5,11-12H,6-10H2,1H3,(H,24,25). The molecule has 3 rings (SSSR count). The molecule has 2 unspecified atom stereocenters. The smallest absolute Gasteiger partial charge is 0.306 e. The molecule has 0 spiro atoms. The van der Waals surface area contributed by atoms with Crippen molar-refractivity contribution in [2.75, 3.05) is 19.6 Å². The topological polar surface area (TPSA) is 95.0 Å². The molecule has 3 amide bonds. The van der Waals surface area contributed by atoms with E-state index in [4.69, 9.17) is 5.11 Å². The van der Waals surface area contributed by atoms with Gasteiger partial charge in [-0.1, -0.05) is 19.1 Å². The summed E-state index contributed by atoms with van der Waals surface area (Å²) in [6.07, 6.45) is 0.477. The van der Waals surface area contributed by atoms with Gasteiger partial charge in [-0.25, -0.2) is 0 Å². The molecule has 2 aliphatic rings. The number of carbonyl (C=O) groups is 4. The molecule has 132 valence electrons. The Hall–Kier alpha value is -2.70. The molecule has 0 aromatic heterocycles. The van der Waals surface area contributed by atoms with Crippen molar-refractivity contribution < 1.29 is 24.3 Å². The highest BCUT2D eigenvalue weighted by Gasteiger charge is 2.36. The van der Waals surface area contributed by atoms with Crippen LogP contribution >= 0.6 is 0 Å². The van der Waals surface area contributed by atoms with Crippen molar-refractivity contribution in [2.45, 2.75) is 19.8 Å². The van der Waals surface area contributed by atoms with E-state index in [2.05, 4.69) is 0 Å². The van der Waals surface area contributed by atoms with E-state index in [-0.39, 0.29) is 36.6 Å². The molecule has 0 aliphatic carbocycles. The predicted molar refractivity (Wildman–Crippen MR) is 87.9 cm³/mol. The molecule has 1 aromatic rings. The molecule has 0 saturated carbocycles. The second-order valence-corrected chi connectivity index (χ2v) is 6.61. The van der Waals surface area contributed by atoms with Gasteiger partial charge in [0.05, 0.1) is 17.0 Å². The van der Waals surface area contributed by atoms with Crippen LogP contribution in [0.15, 0.2) is 24.3 Å².